The Morgan fingerprint density at radius 3 is 2.04 bits per heavy atom. The Kier molecular flexibility index (Phi) is 5.01. The van der Waals surface area contributed by atoms with E-state index in [2.05, 4.69) is 0 Å². The molecule has 2 aromatic carbocycles. The van der Waals surface area contributed by atoms with Crippen molar-refractivity contribution in [1.29, 1.82) is 10.5 Å². The van der Waals surface area contributed by atoms with Crippen LogP contribution in [0.3, 0.4) is 0 Å². The molecule has 0 amide bonds. The normalized spacial score (nSPS) is 9.87. The number of hydrogen-bond acceptors (Lipinski definition) is 4. The van der Waals surface area contributed by atoms with E-state index in [1.54, 1.807) is 6.07 Å². The van der Waals surface area contributed by atoms with Crippen LogP contribution in [0, 0.1) is 36.5 Å². The predicted octanol–water partition coefficient (Wildman–Crippen LogP) is 5.15. The summed E-state index contributed by atoms with van der Waals surface area (Å²) in [5.41, 5.74) is 1.88. The molecule has 6 heteroatoms. The Hall–Kier alpha value is -2.40. The number of rotatable bonds is 3. The van der Waals surface area contributed by atoms with Gasteiger partial charge in [-0.3, -0.25) is 0 Å². The highest BCUT2D eigenvalue weighted by molar-refractivity contribution is 6.37. The second-order valence-electron chi connectivity index (χ2n) is 4.76. The smallest absolute Gasteiger partial charge is 0.190 e. The van der Waals surface area contributed by atoms with Gasteiger partial charge in [0.05, 0.1) is 18.2 Å². The molecular weight excluding hydrogens is 335 g/mol. The van der Waals surface area contributed by atoms with E-state index in [1.165, 1.54) is 7.11 Å². The summed E-state index contributed by atoms with van der Waals surface area (Å²) in [6.45, 7) is 3.86. The van der Waals surface area contributed by atoms with Crippen LogP contribution in [0.5, 0.6) is 17.2 Å². The molecule has 0 spiro atoms. The molecule has 23 heavy (non-hydrogen) atoms. The number of hydrogen-bond donors (Lipinski definition) is 0. The van der Waals surface area contributed by atoms with Crippen LogP contribution in [0.4, 0.5) is 0 Å². The summed E-state index contributed by atoms with van der Waals surface area (Å²) in [6, 6.07) is 9.32. The number of methoxy groups -OCH3 is 1. The first-order chi connectivity index (χ1) is 11.0. The van der Waals surface area contributed by atoms with Crippen LogP contribution in [0.15, 0.2) is 18.2 Å². The van der Waals surface area contributed by atoms with Gasteiger partial charge in [-0.2, -0.15) is 10.5 Å². The van der Waals surface area contributed by atoms with E-state index >= 15 is 0 Å². The highest BCUT2D eigenvalue weighted by Gasteiger charge is 2.25. The first-order valence-electron chi connectivity index (χ1n) is 6.59. The van der Waals surface area contributed by atoms with Crippen molar-refractivity contribution in [2.75, 3.05) is 7.11 Å². The standard InChI is InChI=1S/C17H12Cl2N2O2/c1-9-5-4-6-13(10(9)2)23-17-15(19)12(8-21)11(7-20)14(18)16(17)22-3/h4-6H,1-3H3. The van der Waals surface area contributed by atoms with E-state index in [9.17, 15) is 10.5 Å². The summed E-state index contributed by atoms with van der Waals surface area (Å²) in [5.74, 6) is 0.798. The van der Waals surface area contributed by atoms with E-state index in [-0.39, 0.29) is 32.7 Å². The van der Waals surface area contributed by atoms with Crippen LogP contribution in [0.2, 0.25) is 10.0 Å². The van der Waals surface area contributed by atoms with E-state index in [4.69, 9.17) is 32.7 Å². The van der Waals surface area contributed by atoms with Gasteiger partial charge in [-0.05, 0) is 31.0 Å². The molecule has 0 saturated carbocycles. The van der Waals surface area contributed by atoms with Gasteiger partial charge < -0.3 is 9.47 Å². The Morgan fingerprint density at radius 2 is 1.52 bits per heavy atom. The maximum Gasteiger partial charge on any atom is 0.190 e. The largest absolute Gasteiger partial charge is 0.491 e. The molecule has 2 rings (SSSR count). The monoisotopic (exact) mass is 346 g/mol. The van der Waals surface area contributed by atoms with Crippen LogP contribution in [-0.4, -0.2) is 7.11 Å². The fourth-order valence-electron chi connectivity index (χ4n) is 2.07. The van der Waals surface area contributed by atoms with Crippen LogP contribution in [0.1, 0.15) is 22.3 Å². The van der Waals surface area contributed by atoms with Crippen molar-refractivity contribution in [3.8, 4) is 29.4 Å². The van der Waals surface area contributed by atoms with Crippen LogP contribution < -0.4 is 9.47 Å². The summed E-state index contributed by atoms with van der Waals surface area (Å²) in [7, 11) is 1.39. The first-order valence-corrected chi connectivity index (χ1v) is 7.35. The number of ether oxygens (including phenoxy) is 2. The molecule has 0 aliphatic rings. The number of halogens is 2. The number of aryl methyl sites for hydroxylation is 1. The van der Waals surface area contributed by atoms with Gasteiger partial charge in [0.25, 0.3) is 0 Å². The molecule has 0 radical (unpaired) electrons. The van der Waals surface area contributed by atoms with Gasteiger partial charge in [0, 0.05) is 0 Å². The zero-order valence-corrected chi connectivity index (χ0v) is 14.2. The number of nitrogens with zero attached hydrogens (tertiary/aromatic N) is 2. The minimum atomic E-state index is -0.0414. The van der Waals surface area contributed by atoms with Crippen LogP contribution in [0.25, 0.3) is 0 Å². The summed E-state index contributed by atoms with van der Waals surface area (Å²) < 4.78 is 11.1. The number of benzene rings is 2. The third-order valence-corrected chi connectivity index (χ3v) is 4.21. The van der Waals surface area contributed by atoms with E-state index in [0.29, 0.717) is 5.75 Å². The van der Waals surface area contributed by atoms with Gasteiger partial charge in [-0.1, -0.05) is 35.3 Å². The van der Waals surface area contributed by atoms with Crippen LogP contribution >= 0.6 is 23.2 Å². The predicted molar refractivity (Wildman–Crippen MR) is 88.4 cm³/mol. The SMILES string of the molecule is COc1c(Cl)c(C#N)c(C#N)c(Cl)c1Oc1cccc(C)c1C. The van der Waals surface area contributed by atoms with Crippen molar-refractivity contribution in [2.24, 2.45) is 0 Å². The van der Waals surface area contributed by atoms with Gasteiger partial charge in [0.2, 0.25) is 0 Å². The molecule has 0 unspecified atom stereocenters. The Balaban J connectivity index is 2.72. The van der Waals surface area contributed by atoms with Gasteiger partial charge in [-0.15, -0.1) is 0 Å². The van der Waals surface area contributed by atoms with Gasteiger partial charge in [-0.25, -0.2) is 0 Å². The second kappa shape index (κ2) is 6.79. The zero-order valence-electron chi connectivity index (χ0n) is 12.7. The Labute approximate surface area is 144 Å². The molecule has 2 aromatic rings. The van der Waals surface area contributed by atoms with E-state index in [0.717, 1.165) is 11.1 Å². The van der Waals surface area contributed by atoms with Crippen molar-refractivity contribution in [3.05, 3.63) is 50.5 Å². The van der Waals surface area contributed by atoms with Crippen molar-refractivity contribution in [1.82, 2.24) is 0 Å². The lowest BCUT2D eigenvalue weighted by atomic mass is 10.1. The average Bonchev–Trinajstić information content (AvgIpc) is 2.54. The lowest BCUT2D eigenvalue weighted by Crippen LogP contribution is -1.99. The zero-order chi connectivity index (χ0) is 17.1. The highest BCUT2D eigenvalue weighted by atomic mass is 35.5. The fourth-order valence-corrected chi connectivity index (χ4v) is 2.63. The molecule has 0 N–H and O–H groups in total. The molecule has 4 nitrogen and oxygen atoms in total. The lowest BCUT2D eigenvalue weighted by molar-refractivity contribution is 0.378. The number of nitriles is 2. The van der Waals surface area contributed by atoms with Crippen LogP contribution in [-0.2, 0) is 0 Å². The molecule has 0 fully saturated rings. The third-order valence-electron chi connectivity index (χ3n) is 3.49. The molecule has 0 aromatic heterocycles. The quantitative estimate of drug-likeness (QED) is 0.770. The van der Waals surface area contributed by atoms with E-state index in [1.807, 2.05) is 38.1 Å². The molecule has 0 atom stereocenters. The van der Waals surface area contributed by atoms with Gasteiger partial charge in [0.15, 0.2) is 11.5 Å². The van der Waals surface area contributed by atoms with Crippen molar-refractivity contribution in [3.63, 3.8) is 0 Å². The van der Waals surface area contributed by atoms with Gasteiger partial charge >= 0.3 is 0 Å². The summed E-state index contributed by atoms with van der Waals surface area (Å²) in [4.78, 5) is 0. The minimum absolute atomic E-state index is 0.00347. The highest BCUT2D eigenvalue weighted by Crippen LogP contribution is 2.47. The van der Waals surface area contributed by atoms with Crippen molar-refractivity contribution < 1.29 is 9.47 Å². The summed E-state index contributed by atoms with van der Waals surface area (Å²) in [6.07, 6.45) is 0. The maximum atomic E-state index is 9.27. The van der Waals surface area contributed by atoms with Gasteiger partial charge in [0.1, 0.15) is 27.9 Å². The third kappa shape index (κ3) is 2.92. The Morgan fingerprint density at radius 1 is 0.957 bits per heavy atom. The molecular formula is C17H12Cl2N2O2. The maximum absolute atomic E-state index is 9.27. The first kappa shape index (κ1) is 17.0. The summed E-state index contributed by atoms with van der Waals surface area (Å²) >= 11 is 12.4. The molecule has 0 aliphatic carbocycles. The summed E-state index contributed by atoms with van der Waals surface area (Å²) in [5, 5.41) is 18.5. The van der Waals surface area contributed by atoms with Crippen molar-refractivity contribution >= 4 is 23.2 Å². The fraction of sp³-hybridized carbons (Fsp3) is 0.176. The molecule has 0 aliphatic heterocycles. The lowest BCUT2D eigenvalue weighted by Gasteiger charge is -2.17. The Bertz CT molecular complexity index is 861. The molecule has 0 heterocycles. The van der Waals surface area contributed by atoms with E-state index < -0.39 is 0 Å². The molecule has 116 valence electrons. The molecule has 0 bridgehead atoms. The van der Waals surface area contributed by atoms with Crippen molar-refractivity contribution in [2.45, 2.75) is 13.8 Å². The minimum Gasteiger partial charge on any atom is -0.491 e. The second-order valence-corrected chi connectivity index (χ2v) is 5.52. The molecule has 0 saturated heterocycles. The topological polar surface area (TPSA) is 66.0 Å². The average molecular weight is 347 g/mol.